The summed E-state index contributed by atoms with van der Waals surface area (Å²) in [5.74, 6) is 1.50. The summed E-state index contributed by atoms with van der Waals surface area (Å²) in [6, 6.07) is 6.39. The molecule has 1 aliphatic rings. The molecule has 0 radical (unpaired) electrons. The van der Waals surface area contributed by atoms with E-state index in [1.165, 1.54) is 11.1 Å². The molecule has 3 heteroatoms. The first kappa shape index (κ1) is 12.4. The molecule has 2 unspecified atom stereocenters. The van der Waals surface area contributed by atoms with Crippen molar-refractivity contribution in [2.24, 2.45) is 11.7 Å². The predicted molar refractivity (Wildman–Crippen MR) is 68.2 cm³/mol. The number of fused-ring (bicyclic) bond motifs is 1. The van der Waals surface area contributed by atoms with Crippen molar-refractivity contribution in [2.45, 2.75) is 25.8 Å². The predicted octanol–water partition coefficient (Wildman–Crippen LogP) is 2.29. The highest BCUT2D eigenvalue weighted by Gasteiger charge is 2.16. The van der Waals surface area contributed by atoms with E-state index >= 15 is 0 Å². The first-order valence-corrected chi connectivity index (χ1v) is 6.21. The molecule has 2 rings (SSSR count). The zero-order valence-corrected chi connectivity index (χ0v) is 10.6. The molecule has 0 amide bonds. The summed E-state index contributed by atoms with van der Waals surface area (Å²) >= 11 is 0. The minimum Gasteiger partial charge on any atom is -0.493 e. The Morgan fingerprint density at radius 3 is 3.06 bits per heavy atom. The lowest BCUT2D eigenvalue weighted by Gasteiger charge is -2.17. The summed E-state index contributed by atoms with van der Waals surface area (Å²) < 4.78 is 10.6. The van der Waals surface area contributed by atoms with Gasteiger partial charge < -0.3 is 15.2 Å². The fourth-order valence-corrected chi connectivity index (χ4v) is 2.36. The number of hydrogen-bond donors (Lipinski definition) is 1. The van der Waals surface area contributed by atoms with Crippen molar-refractivity contribution in [3.8, 4) is 5.75 Å². The van der Waals surface area contributed by atoms with E-state index in [4.69, 9.17) is 15.2 Å². The lowest BCUT2D eigenvalue weighted by atomic mass is 9.95. The minimum absolute atomic E-state index is 0.0889. The number of rotatable bonds is 5. The van der Waals surface area contributed by atoms with Crippen LogP contribution in [0.1, 0.15) is 30.5 Å². The number of nitrogens with two attached hydrogens (primary N) is 1. The molecule has 0 aliphatic carbocycles. The summed E-state index contributed by atoms with van der Waals surface area (Å²) in [5, 5.41) is 0. The van der Waals surface area contributed by atoms with Gasteiger partial charge in [-0.3, -0.25) is 0 Å². The molecule has 1 aromatic carbocycles. The molecule has 0 saturated carbocycles. The van der Waals surface area contributed by atoms with E-state index in [1.54, 1.807) is 7.11 Å². The van der Waals surface area contributed by atoms with Crippen molar-refractivity contribution < 1.29 is 9.47 Å². The van der Waals surface area contributed by atoms with Crippen molar-refractivity contribution in [3.05, 3.63) is 29.3 Å². The highest BCUT2D eigenvalue weighted by atomic mass is 16.5. The summed E-state index contributed by atoms with van der Waals surface area (Å²) in [4.78, 5) is 0. The third-order valence-electron chi connectivity index (χ3n) is 3.25. The van der Waals surface area contributed by atoms with Crippen LogP contribution in [-0.2, 0) is 11.2 Å². The quantitative estimate of drug-likeness (QED) is 0.851. The van der Waals surface area contributed by atoms with Gasteiger partial charge in [0.05, 0.1) is 6.61 Å². The van der Waals surface area contributed by atoms with Gasteiger partial charge in [-0.2, -0.15) is 0 Å². The third-order valence-corrected chi connectivity index (χ3v) is 3.25. The highest BCUT2D eigenvalue weighted by Crippen LogP contribution is 2.29. The lowest BCUT2D eigenvalue weighted by Crippen LogP contribution is -2.16. The molecular weight excluding hydrogens is 214 g/mol. The maximum Gasteiger partial charge on any atom is 0.122 e. The van der Waals surface area contributed by atoms with Gasteiger partial charge in [0, 0.05) is 26.2 Å². The van der Waals surface area contributed by atoms with E-state index in [9.17, 15) is 0 Å². The van der Waals surface area contributed by atoms with Crippen molar-refractivity contribution in [1.82, 2.24) is 0 Å². The third kappa shape index (κ3) is 2.99. The maximum absolute atomic E-state index is 6.22. The standard InChI is InChI=1S/C14H21NO2/c1-10(9-16-2)7-13(15)11-3-4-14-12(8-11)5-6-17-14/h3-4,8,10,13H,5-7,9,15H2,1-2H3. The van der Waals surface area contributed by atoms with E-state index in [0.717, 1.165) is 31.8 Å². The van der Waals surface area contributed by atoms with Crippen LogP contribution in [0.3, 0.4) is 0 Å². The Hall–Kier alpha value is -1.06. The number of benzene rings is 1. The molecule has 0 bridgehead atoms. The molecule has 1 aliphatic heterocycles. The maximum atomic E-state index is 6.22. The van der Waals surface area contributed by atoms with E-state index in [0.29, 0.717) is 5.92 Å². The largest absolute Gasteiger partial charge is 0.493 e. The zero-order chi connectivity index (χ0) is 12.3. The van der Waals surface area contributed by atoms with Gasteiger partial charge in [-0.15, -0.1) is 0 Å². The van der Waals surface area contributed by atoms with Crippen LogP contribution in [0.15, 0.2) is 18.2 Å². The monoisotopic (exact) mass is 235 g/mol. The zero-order valence-electron chi connectivity index (χ0n) is 10.6. The van der Waals surface area contributed by atoms with Crippen molar-refractivity contribution >= 4 is 0 Å². The molecule has 94 valence electrons. The summed E-state index contributed by atoms with van der Waals surface area (Å²) in [7, 11) is 1.73. The normalized spacial score (nSPS) is 17.4. The first-order valence-electron chi connectivity index (χ1n) is 6.21. The van der Waals surface area contributed by atoms with Gasteiger partial charge in [0.15, 0.2) is 0 Å². The second kappa shape index (κ2) is 5.52. The molecule has 2 N–H and O–H groups in total. The van der Waals surface area contributed by atoms with Crippen molar-refractivity contribution in [3.63, 3.8) is 0 Å². The Bertz CT molecular complexity index is 378. The van der Waals surface area contributed by atoms with Gasteiger partial charge in [-0.05, 0) is 29.5 Å². The van der Waals surface area contributed by atoms with Crippen LogP contribution in [-0.4, -0.2) is 20.3 Å². The molecule has 3 nitrogen and oxygen atoms in total. The second-order valence-corrected chi connectivity index (χ2v) is 4.87. The van der Waals surface area contributed by atoms with Crippen molar-refractivity contribution in [1.29, 1.82) is 0 Å². The van der Waals surface area contributed by atoms with Crippen LogP contribution in [0.5, 0.6) is 5.75 Å². The summed E-state index contributed by atoms with van der Waals surface area (Å²) in [6.07, 6.45) is 1.96. The Morgan fingerprint density at radius 2 is 2.29 bits per heavy atom. The highest BCUT2D eigenvalue weighted by molar-refractivity contribution is 5.40. The van der Waals surface area contributed by atoms with Gasteiger partial charge in [-0.25, -0.2) is 0 Å². The van der Waals surface area contributed by atoms with Crippen LogP contribution in [0, 0.1) is 5.92 Å². The fraction of sp³-hybridized carbons (Fsp3) is 0.571. The summed E-state index contributed by atoms with van der Waals surface area (Å²) in [5.41, 5.74) is 8.72. The Labute approximate surface area is 103 Å². The van der Waals surface area contributed by atoms with Gasteiger partial charge >= 0.3 is 0 Å². The molecule has 2 atom stereocenters. The van der Waals surface area contributed by atoms with Crippen LogP contribution in [0.25, 0.3) is 0 Å². The van der Waals surface area contributed by atoms with Crippen LogP contribution in [0.4, 0.5) is 0 Å². The lowest BCUT2D eigenvalue weighted by molar-refractivity contribution is 0.152. The van der Waals surface area contributed by atoms with Crippen LogP contribution >= 0.6 is 0 Å². The molecule has 0 saturated heterocycles. The van der Waals surface area contributed by atoms with E-state index < -0.39 is 0 Å². The number of ether oxygens (including phenoxy) is 2. The minimum atomic E-state index is 0.0889. The Kier molecular flexibility index (Phi) is 4.02. The smallest absolute Gasteiger partial charge is 0.122 e. The number of hydrogen-bond acceptors (Lipinski definition) is 3. The molecule has 1 heterocycles. The van der Waals surface area contributed by atoms with Gasteiger partial charge in [-0.1, -0.05) is 19.1 Å². The molecule has 0 spiro atoms. The first-order chi connectivity index (χ1) is 8.20. The van der Waals surface area contributed by atoms with Crippen molar-refractivity contribution in [2.75, 3.05) is 20.3 Å². The van der Waals surface area contributed by atoms with Gasteiger partial charge in [0.2, 0.25) is 0 Å². The van der Waals surface area contributed by atoms with E-state index in [-0.39, 0.29) is 6.04 Å². The topological polar surface area (TPSA) is 44.5 Å². The Morgan fingerprint density at radius 1 is 1.47 bits per heavy atom. The van der Waals surface area contributed by atoms with E-state index in [1.807, 2.05) is 6.07 Å². The number of methoxy groups -OCH3 is 1. The average molecular weight is 235 g/mol. The SMILES string of the molecule is COCC(C)CC(N)c1ccc2c(c1)CCO2. The summed E-state index contributed by atoms with van der Waals surface area (Å²) in [6.45, 7) is 3.73. The van der Waals surface area contributed by atoms with Gasteiger partial charge in [0.25, 0.3) is 0 Å². The Balaban J connectivity index is 2.01. The second-order valence-electron chi connectivity index (χ2n) is 4.87. The molecular formula is C14H21NO2. The molecule has 17 heavy (non-hydrogen) atoms. The van der Waals surface area contributed by atoms with Crippen LogP contribution in [0.2, 0.25) is 0 Å². The van der Waals surface area contributed by atoms with Crippen LogP contribution < -0.4 is 10.5 Å². The molecule has 0 fully saturated rings. The van der Waals surface area contributed by atoms with Gasteiger partial charge in [0.1, 0.15) is 5.75 Å². The molecule has 0 aromatic heterocycles. The molecule has 1 aromatic rings. The fourth-order valence-electron chi connectivity index (χ4n) is 2.36. The average Bonchev–Trinajstić information content (AvgIpc) is 2.75. The van der Waals surface area contributed by atoms with E-state index in [2.05, 4.69) is 19.1 Å².